The number of rotatable bonds is 21. The average Bonchev–Trinajstić information content (AvgIpc) is 4.05. The molecule has 2 fully saturated rings. The number of thiocarbonyl (C=S) groups is 1. The third-order valence-electron chi connectivity index (χ3n) is 12.1. The Morgan fingerprint density at radius 1 is 0.986 bits per heavy atom. The normalized spacial score (nSPS) is 16.2. The van der Waals surface area contributed by atoms with Gasteiger partial charge in [-0.15, -0.1) is 11.3 Å². The molecular formula is C50H58F4N8O8S2. The number of aromatic nitrogens is 2. The van der Waals surface area contributed by atoms with E-state index in [4.69, 9.17) is 31.2 Å². The molecule has 2 N–H and O–H groups in total. The van der Waals surface area contributed by atoms with Crippen molar-refractivity contribution in [2.75, 3.05) is 56.5 Å². The summed E-state index contributed by atoms with van der Waals surface area (Å²) in [6, 6.07) is 12.5. The van der Waals surface area contributed by atoms with Gasteiger partial charge in [-0.25, -0.2) is 9.37 Å². The zero-order chi connectivity index (χ0) is 52.5. The van der Waals surface area contributed by atoms with Gasteiger partial charge in [-0.2, -0.15) is 23.4 Å². The number of hydrogen-bond donors (Lipinski definition) is 2. The minimum Gasteiger partial charge on any atom is -0.479 e. The van der Waals surface area contributed by atoms with Gasteiger partial charge < -0.3 is 34.5 Å². The number of nitriles is 1. The van der Waals surface area contributed by atoms with Crippen LogP contribution in [0.2, 0.25) is 0 Å². The van der Waals surface area contributed by atoms with E-state index in [2.05, 4.69) is 20.6 Å². The van der Waals surface area contributed by atoms with Crippen molar-refractivity contribution in [2.45, 2.75) is 104 Å². The molecule has 386 valence electrons. The second kappa shape index (κ2) is 23.5. The van der Waals surface area contributed by atoms with Crippen LogP contribution in [0.1, 0.15) is 89.1 Å². The molecule has 2 aromatic heterocycles. The quantitative estimate of drug-likeness (QED) is 0.0466. The van der Waals surface area contributed by atoms with Crippen molar-refractivity contribution in [2.24, 2.45) is 5.41 Å². The van der Waals surface area contributed by atoms with Gasteiger partial charge in [0.15, 0.2) is 10.9 Å². The lowest BCUT2D eigenvalue weighted by atomic mass is 9.85. The standard InChI is InChI=1S/C50H58F4N8O8S2/c1-30-41(72-29-57-30)32-15-13-31(14-16-32)27-56-43(64)35-12-10-21-60(35)45(65)42(48(2,3)4)58-37(63)28-69-24-11-23-68-22-8-9-25-70-38-20-19-36(44(59-38)67-7)62-47(71)61(46(66)49(62,5)6)34-18-17-33(26-55)39(40(34)51)50(52,53)54/h13-20,29,35,42H,8-12,21-25,27-28H2,1-7H3,(H,56,64)(H,58,63)/t35-,42+/m0/s1. The fourth-order valence-corrected chi connectivity index (χ4v) is 9.65. The van der Waals surface area contributed by atoms with Crippen LogP contribution in [0.3, 0.4) is 0 Å². The molecule has 72 heavy (non-hydrogen) atoms. The van der Waals surface area contributed by atoms with E-state index in [-0.39, 0.29) is 54.2 Å². The number of alkyl halides is 3. The van der Waals surface area contributed by atoms with E-state index in [0.717, 1.165) is 33.8 Å². The third-order valence-corrected chi connectivity index (χ3v) is 13.5. The molecule has 4 amide bonds. The van der Waals surface area contributed by atoms with Crippen molar-refractivity contribution < 1.29 is 55.7 Å². The van der Waals surface area contributed by atoms with E-state index in [9.17, 15) is 37.6 Å². The number of nitrogens with one attached hydrogen (secondary N) is 2. The number of methoxy groups -OCH3 is 1. The van der Waals surface area contributed by atoms with Crippen LogP contribution < -0.4 is 29.9 Å². The number of carbonyl (C=O) groups excluding carboxylic acids is 4. The van der Waals surface area contributed by atoms with Crippen molar-refractivity contribution in [1.29, 1.82) is 5.26 Å². The zero-order valence-corrected chi connectivity index (χ0v) is 42.7. The predicted octanol–water partition coefficient (Wildman–Crippen LogP) is 7.89. The number of halogens is 4. The van der Waals surface area contributed by atoms with E-state index in [1.165, 1.54) is 44.1 Å². The highest BCUT2D eigenvalue weighted by Crippen LogP contribution is 2.44. The molecule has 4 aromatic rings. The first-order chi connectivity index (χ1) is 34.1. The summed E-state index contributed by atoms with van der Waals surface area (Å²) in [5.74, 6) is -3.48. The van der Waals surface area contributed by atoms with Gasteiger partial charge in [-0.05, 0) is 99.8 Å². The number of thiazole rings is 1. The van der Waals surface area contributed by atoms with Crippen LogP contribution in [0.15, 0.2) is 54.0 Å². The van der Waals surface area contributed by atoms with Crippen molar-refractivity contribution in [3.05, 3.63) is 82.2 Å². The Balaban J connectivity index is 0.889. The molecule has 2 aromatic carbocycles. The van der Waals surface area contributed by atoms with E-state index in [1.54, 1.807) is 16.2 Å². The van der Waals surface area contributed by atoms with Crippen LogP contribution in [0.5, 0.6) is 11.8 Å². The van der Waals surface area contributed by atoms with Gasteiger partial charge in [0.05, 0.1) is 47.1 Å². The second-order valence-electron chi connectivity index (χ2n) is 18.7. The summed E-state index contributed by atoms with van der Waals surface area (Å²) in [6.07, 6.45) is -2.29. The molecule has 2 aliphatic heterocycles. The fraction of sp³-hybridized carbons (Fsp3) is 0.480. The molecule has 0 spiro atoms. The summed E-state index contributed by atoms with van der Waals surface area (Å²) in [7, 11) is 1.32. The van der Waals surface area contributed by atoms with Crippen LogP contribution in [-0.4, -0.2) is 108 Å². The monoisotopic (exact) mass is 1040 g/mol. The SMILES string of the molecule is COc1nc(OCCCCOCCCOCC(=O)N[C@H](C(=O)N2CCC[C@H]2C(=O)NCc2ccc(-c3scnc3C)cc2)C(C)(C)C)ccc1N1C(=S)N(c2ccc(C#N)c(C(F)(F)F)c2F)C(=O)C1(C)C. The van der Waals surface area contributed by atoms with Gasteiger partial charge in [0.2, 0.25) is 29.5 Å². The lowest BCUT2D eigenvalue weighted by Crippen LogP contribution is -2.58. The first kappa shape index (κ1) is 55.0. The number of ether oxygens (including phenoxy) is 4. The molecule has 0 unspecified atom stereocenters. The second-order valence-corrected chi connectivity index (χ2v) is 20.0. The van der Waals surface area contributed by atoms with Gasteiger partial charge in [0, 0.05) is 39.0 Å². The maximum atomic E-state index is 15.5. The largest absolute Gasteiger partial charge is 0.479 e. The number of aryl methyl sites for hydroxylation is 1. The molecule has 4 heterocycles. The predicted molar refractivity (Wildman–Crippen MR) is 265 cm³/mol. The molecule has 2 aliphatic rings. The van der Waals surface area contributed by atoms with Crippen LogP contribution in [0.4, 0.5) is 28.9 Å². The lowest BCUT2D eigenvalue weighted by Gasteiger charge is -2.35. The Morgan fingerprint density at radius 3 is 2.32 bits per heavy atom. The van der Waals surface area contributed by atoms with Gasteiger partial charge in [0.25, 0.3) is 5.91 Å². The smallest absolute Gasteiger partial charge is 0.420 e. The number of hydrogen-bond acceptors (Lipinski definition) is 13. The first-order valence-corrected chi connectivity index (χ1v) is 24.6. The molecule has 0 bridgehead atoms. The maximum absolute atomic E-state index is 15.5. The number of carbonyl (C=O) groups is 4. The highest BCUT2D eigenvalue weighted by Gasteiger charge is 2.53. The van der Waals surface area contributed by atoms with Crippen LogP contribution in [-0.2, 0) is 41.4 Å². The number of likely N-dealkylation sites (tertiary alicyclic amines) is 1. The summed E-state index contributed by atoms with van der Waals surface area (Å²) in [5.41, 5.74) is -0.725. The van der Waals surface area contributed by atoms with E-state index < -0.39 is 63.7 Å². The number of amides is 4. The van der Waals surface area contributed by atoms with E-state index in [1.807, 2.05) is 57.5 Å². The lowest BCUT2D eigenvalue weighted by molar-refractivity contribution is -0.144. The van der Waals surface area contributed by atoms with Gasteiger partial charge in [-0.3, -0.25) is 29.0 Å². The highest BCUT2D eigenvalue weighted by molar-refractivity contribution is 7.81. The van der Waals surface area contributed by atoms with Crippen LogP contribution in [0.25, 0.3) is 10.4 Å². The highest BCUT2D eigenvalue weighted by atomic mass is 32.1. The molecule has 2 atom stereocenters. The van der Waals surface area contributed by atoms with E-state index >= 15 is 4.39 Å². The number of benzene rings is 2. The number of anilines is 2. The summed E-state index contributed by atoms with van der Waals surface area (Å²) < 4.78 is 79.5. The average molecular weight is 1040 g/mol. The van der Waals surface area contributed by atoms with Crippen molar-refractivity contribution >= 4 is 63.7 Å². The number of pyridine rings is 1. The Morgan fingerprint density at radius 2 is 1.67 bits per heavy atom. The Labute approximate surface area is 425 Å². The van der Waals surface area contributed by atoms with Crippen molar-refractivity contribution in [3.63, 3.8) is 0 Å². The van der Waals surface area contributed by atoms with Crippen LogP contribution >= 0.6 is 23.6 Å². The summed E-state index contributed by atoms with van der Waals surface area (Å²) in [5, 5.41) is 14.7. The fourth-order valence-electron chi connectivity index (χ4n) is 8.33. The Hall–Kier alpha value is -6.28. The van der Waals surface area contributed by atoms with Gasteiger partial charge >= 0.3 is 6.18 Å². The molecule has 0 radical (unpaired) electrons. The number of nitrogens with zero attached hydrogens (tertiary/aromatic N) is 6. The van der Waals surface area contributed by atoms with E-state index in [0.29, 0.717) is 63.3 Å². The molecule has 0 saturated carbocycles. The maximum Gasteiger partial charge on any atom is 0.420 e. The third kappa shape index (κ3) is 12.7. The summed E-state index contributed by atoms with van der Waals surface area (Å²) in [4.78, 5) is 67.3. The Bertz CT molecular complexity index is 2670. The molecule has 2 saturated heterocycles. The first-order valence-electron chi connectivity index (χ1n) is 23.3. The van der Waals surface area contributed by atoms with Crippen LogP contribution in [0, 0.1) is 29.5 Å². The minimum absolute atomic E-state index is 0.0197. The van der Waals surface area contributed by atoms with Crippen molar-refractivity contribution in [3.8, 4) is 28.3 Å². The molecule has 22 heteroatoms. The van der Waals surface area contributed by atoms with Gasteiger partial charge in [0.1, 0.15) is 35.5 Å². The molecular weight excluding hydrogens is 981 g/mol. The van der Waals surface area contributed by atoms with Crippen molar-refractivity contribution in [1.82, 2.24) is 25.5 Å². The Kier molecular flexibility index (Phi) is 18.0. The summed E-state index contributed by atoms with van der Waals surface area (Å²) in [6.45, 7) is 12.2. The minimum atomic E-state index is -5.22. The summed E-state index contributed by atoms with van der Waals surface area (Å²) >= 11 is 7.12. The molecule has 16 nitrogen and oxygen atoms in total. The topological polar surface area (TPSA) is 189 Å². The molecule has 0 aliphatic carbocycles. The molecule has 6 rings (SSSR count). The number of unbranched alkanes of at least 4 members (excludes halogenated alkanes) is 1. The van der Waals surface area contributed by atoms with Gasteiger partial charge in [-0.1, -0.05) is 45.0 Å². The zero-order valence-electron chi connectivity index (χ0n) is 41.1.